The average molecular weight is 205 g/mol. The zero-order chi connectivity index (χ0) is 10.7. The van der Waals surface area contributed by atoms with Crippen LogP contribution in [0.1, 0.15) is 37.9 Å². The lowest BCUT2D eigenvalue weighted by molar-refractivity contribution is 0.675. The van der Waals surface area contributed by atoms with Crippen LogP contribution in [0.25, 0.3) is 0 Å². The van der Waals surface area contributed by atoms with Gasteiger partial charge in [-0.2, -0.15) is 0 Å². The lowest BCUT2D eigenvalue weighted by atomic mass is 10.1. The molecule has 0 unspecified atom stereocenters. The first kappa shape index (κ1) is 10.4. The van der Waals surface area contributed by atoms with Gasteiger partial charge in [-0.05, 0) is 31.4 Å². The standard InChI is InChI=1S/C12H19N3/c1-2-11(13)12-6-5-10(9-14-12)15-7-3-4-8-15/h5-6,9,11H,2-4,7-8,13H2,1H3/t11-/m0/s1. The van der Waals surface area contributed by atoms with Gasteiger partial charge in [-0.25, -0.2) is 0 Å². The van der Waals surface area contributed by atoms with Crippen molar-refractivity contribution in [2.45, 2.75) is 32.2 Å². The monoisotopic (exact) mass is 205 g/mol. The van der Waals surface area contributed by atoms with E-state index in [-0.39, 0.29) is 6.04 Å². The highest BCUT2D eigenvalue weighted by Gasteiger charge is 2.13. The zero-order valence-corrected chi connectivity index (χ0v) is 9.32. The Morgan fingerprint density at radius 3 is 2.67 bits per heavy atom. The first-order valence-corrected chi connectivity index (χ1v) is 5.77. The minimum Gasteiger partial charge on any atom is -0.370 e. The Labute approximate surface area is 91.3 Å². The van der Waals surface area contributed by atoms with Crippen LogP contribution in [-0.4, -0.2) is 18.1 Å². The third kappa shape index (κ3) is 2.29. The number of hydrogen-bond acceptors (Lipinski definition) is 3. The zero-order valence-electron chi connectivity index (χ0n) is 9.32. The molecule has 0 aromatic carbocycles. The second kappa shape index (κ2) is 4.62. The Bertz CT molecular complexity index is 301. The number of anilines is 1. The van der Waals surface area contributed by atoms with Gasteiger partial charge in [-0.3, -0.25) is 4.98 Å². The van der Waals surface area contributed by atoms with Crippen molar-refractivity contribution in [3.05, 3.63) is 24.0 Å². The van der Waals surface area contributed by atoms with Gasteiger partial charge in [0.05, 0.1) is 17.6 Å². The van der Waals surface area contributed by atoms with Gasteiger partial charge in [-0.1, -0.05) is 6.92 Å². The van der Waals surface area contributed by atoms with Crippen molar-refractivity contribution in [3.8, 4) is 0 Å². The molecule has 0 bridgehead atoms. The highest BCUT2D eigenvalue weighted by molar-refractivity contribution is 5.45. The first-order valence-electron chi connectivity index (χ1n) is 5.77. The molecule has 3 heteroatoms. The van der Waals surface area contributed by atoms with E-state index < -0.39 is 0 Å². The van der Waals surface area contributed by atoms with E-state index in [0.717, 1.165) is 12.1 Å². The summed E-state index contributed by atoms with van der Waals surface area (Å²) >= 11 is 0. The minimum atomic E-state index is 0.0811. The molecule has 82 valence electrons. The lowest BCUT2D eigenvalue weighted by Gasteiger charge is -2.17. The Morgan fingerprint density at radius 2 is 2.13 bits per heavy atom. The Balaban J connectivity index is 2.09. The Kier molecular flexibility index (Phi) is 3.21. The molecule has 2 rings (SSSR count). The normalized spacial score (nSPS) is 18.1. The summed E-state index contributed by atoms with van der Waals surface area (Å²) < 4.78 is 0. The molecule has 1 aliphatic rings. The molecule has 1 saturated heterocycles. The fraction of sp³-hybridized carbons (Fsp3) is 0.583. The van der Waals surface area contributed by atoms with Crippen LogP contribution < -0.4 is 10.6 Å². The Hall–Kier alpha value is -1.09. The molecular weight excluding hydrogens is 186 g/mol. The Morgan fingerprint density at radius 1 is 1.40 bits per heavy atom. The summed E-state index contributed by atoms with van der Waals surface area (Å²) in [7, 11) is 0. The fourth-order valence-corrected chi connectivity index (χ4v) is 1.99. The van der Waals surface area contributed by atoms with Gasteiger partial charge in [0.25, 0.3) is 0 Å². The molecule has 1 fully saturated rings. The summed E-state index contributed by atoms with van der Waals surface area (Å²) in [6.07, 6.45) is 5.50. The molecule has 1 aliphatic heterocycles. The second-order valence-electron chi connectivity index (χ2n) is 4.15. The van der Waals surface area contributed by atoms with E-state index in [1.165, 1.54) is 31.6 Å². The van der Waals surface area contributed by atoms with Crippen LogP contribution in [0.5, 0.6) is 0 Å². The predicted molar refractivity (Wildman–Crippen MR) is 62.9 cm³/mol. The summed E-state index contributed by atoms with van der Waals surface area (Å²) in [6.45, 7) is 4.42. The van der Waals surface area contributed by atoms with Gasteiger partial charge in [0, 0.05) is 19.1 Å². The summed E-state index contributed by atoms with van der Waals surface area (Å²) in [5, 5.41) is 0. The van der Waals surface area contributed by atoms with Crippen LogP contribution in [-0.2, 0) is 0 Å². The number of nitrogens with zero attached hydrogens (tertiary/aromatic N) is 2. The van der Waals surface area contributed by atoms with Crippen LogP contribution in [0.15, 0.2) is 18.3 Å². The van der Waals surface area contributed by atoms with Crippen molar-refractivity contribution in [2.24, 2.45) is 5.73 Å². The van der Waals surface area contributed by atoms with Crippen molar-refractivity contribution in [1.82, 2.24) is 4.98 Å². The van der Waals surface area contributed by atoms with Crippen LogP contribution in [0.2, 0.25) is 0 Å². The molecule has 1 aromatic rings. The molecule has 2 N–H and O–H groups in total. The molecule has 1 atom stereocenters. The molecule has 15 heavy (non-hydrogen) atoms. The van der Waals surface area contributed by atoms with E-state index in [1.807, 2.05) is 6.20 Å². The van der Waals surface area contributed by atoms with Crippen LogP contribution >= 0.6 is 0 Å². The summed E-state index contributed by atoms with van der Waals surface area (Å²) in [5.41, 5.74) is 8.16. The largest absolute Gasteiger partial charge is 0.370 e. The molecule has 3 nitrogen and oxygen atoms in total. The van der Waals surface area contributed by atoms with Gasteiger partial charge >= 0.3 is 0 Å². The van der Waals surface area contributed by atoms with Gasteiger partial charge in [0.15, 0.2) is 0 Å². The van der Waals surface area contributed by atoms with E-state index in [0.29, 0.717) is 0 Å². The van der Waals surface area contributed by atoms with E-state index in [4.69, 9.17) is 5.73 Å². The molecule has 1 aromatic heterocycles. The summed E-state index contributed by atoms with van der Waals surface area (Å²) in [4.78, 5) is 6.81. The van der Waals surface area contributed by atoms with Gasteiger partial charge < -0.3 is 10.6 Å². The quantitative estimate of drug-likeness (QED) is 0.821. The maximum atomic E-state index is 5.92. The van der Waals surface area contributed by atoms with Crippen molar-refractivity contribution in [3.63, 3.8) is 0 Å². The van der Waals surface area contributed by atoms with Gasteiger partial charge in [-0.15, -0.1) is 0 Å². The highest BCUT2D eigenvalue weighted by atomic mass is 15.1. The lowest BCUT2D eigenvalue weighted by Crippen LogP contribution is -2.18. The second-order valence-corrected chi connectivity index (χ2v) is 4.15. The summed E-state index contributed by atoms with van der Waals surface area (Å²) in [6, 6.07) is 4.28. The molecular formula is C12H19N3. The maximum absolute atomic E-state index is 5.92. The summed E-state index contributed by atoms with van der Waals surface area (Å²) in [5.74, 6) is 0. The van der Waals surface area contributed by atoms with Crippen molar-refractivity contribution in [2.75, 3.05) is 18.0 Å². The van der Waals surface area contributed by atoms with E-state index in [9.17, 15) is 0 Å². The number of rotatable bonds is 3. The predicted octanol–water partition coefficient (Wildman–Crippen LogP) is 2.09. The number of pyridine rings is 1. The average Bonchev–Trinajstić information content (AvgIpc) is 2.82. The number of aromatic nitrogens is 1. The van der Waals surface area contributed by atoms with Crippen LogP contribution in [0.3, 0.4) is 0 Å². The van der Waals surface area contributed by atoms with E-state index >= 15 is 0 Å². The van der Waals surface area contributed by atoms with E-state index in [1.54, 1.807) is 0 Å². The van der Waals surface area contributed by atoms with E-state index in [2.05, 4.69) is 28.9 Å². The van der Waals surface area contributed by atoms with Crippen LogP contribution in [0.4, 0.5) is 5.69 Å². The highest BCUT2D eigenvalue weighted by Crippen LogP contribution is 2.20. The number of nitrogens with two attached hydrogens (primary N) is 1. The first-order chi connectivity index (χ1) is 7.31. The van der Waals surface area contributed by atoms with Gasteiger partial charge in [0.1, 0.15) is 0 Å². The number of hydrogen-bond donors (Lipinski definition) is 1. The van der Waals surface area contributed by atoms with Crippen molar-refractivity contribution < 1.29 is 0 Å². The minimum absolute atomic E-state index is 0.0811. The maximum Gasteiger partial charge on any atom is 0.0572 e. The topological polar surface area (TPSA) is 42.1 Å². The molecule has 0 spiro atoms. The third-order valence-corrected chi connectivity index (χ3v) is 3.06. The van der Waals surface area contributed by atoms with Crippen molar-refractivity contribution in [1.29, 1.82) is 0 Å². The smallest absolute Gasteiger partial charge is 0.0572 e. The third-order valence-electron chi connectivity index (χ3n) is 3.06. The molecule has 2 heterocycles. The molecule has 0 aliphatic carbocycles. The van der Waals surface area contributed by atoms with Crippen LogP contribution in [0, 0.1) is 0 Å². The fourth-order valence-electron chi connectivity index (χ4n) is 1.99. The van der Waals surface area contributed by atoms with Gasteiger partial charge in [0.2, 0.25) is 0 Å². The molecule has 0 amide bonds. The SMILES string of the molecule is CC[C@H](N)c1ccc(N2CCCC2)cn1. The molecule has 0 radical (unpaired) electrons. The molecule has 0 saturated carbocycles. The van der Waals surface area contributed by atoms with Crippen molar-refractivity contribution >= 4 is 5.69 Å².